The van der Waals surface area contributed by atoms with E-state index in [4.69, 9.17) is 22.7 Å². The summed E-state index contributed by atoms with van der Waals surface area (Å²) in [5.74, 6) is -0.226. The number of hydrogen-bond acceptors (Lipinski definition) is 4. The second-order valence-corrected chi connectivity index (χ2v) is 8.08. The van der Waals surface area contributed by atoms with E-state index in [1.807, 2.05) is 31.2 Å². The molecule has 0 bridgehead atoms. The Bertz CT molecular complexity index is 624. The zero-order valence-electron chi connectivity index (χ0n) is 11.8. The average Bonchev–Trinajstić information content (AvgIpc) is 3.01. The molecule has 1 aliphatic rings. The van der Waals surface area contributed by atoms with Crippen molar-refractivity contribution in [2.45, 2.75) is 18.1 Å². The molecule has 0 spiro atoms. The predicted molar refractivity (Wildman–Crippen MR) is 83.6 cm³/mol. The van der Waals surface area contributed by atoms with Crippen molar-refractivity contribution >= 4 is 27.0 Å². The number of benzene rings is 1. The summed E-state index contributed by atoms with van der Waals surface area (Å²) in [4.78, 5) is 0.209. The highest BCUT2D eigenvalue weighted by Crippen LogP contribution is 2.63. The van der Waals surface area contributed by atoms with Crippen LogP contribution in [0.3, 0.4) is 0 Å². The fourth-order valence-electron chi connectivity index (χ4n) is 3.06. The molecule has 2 N–H and O–H groups in total. The fraction of sp³-hybridized carbons (Fsp3) is 0.500. The SMILES string of the molecule is COCC1(C(N)=S)C(c2ccc(C)cc2)C1S(C)(=O)=O. The highest BCUT2D eigenvalue weighted by Gasteiger charge is 2.71. The van der Waals surface area contributed by atoms with Gasteiger partial charge in [-0.25, -0.2) is 8.42 Å². The Hall–Kier alpha value is -0.980. The Morgan fingerprint density at radius 1 is 1.40 bits per heavy atom. The molecule has 0 aromatic heterocycles. The molecule has 0 radical (unpaired) electrons. The van der Waals surface area contributed by atoms with Crippen molar-refractivity contribution in [3.63, 3.8) is 0 Å². The largest absolute Gasteiger partial charge is 0.393 e. The van der Waals surface area contributed by atoms with Crippen molar-refractivity contribution in [1.82, 2.24) is 0 Å². The highest BCUT2D eigenvalue weighted by atomic mass is 32.2. The van der Waals surface area contributed by atoms with E-state index in [9.17, 15) is 8.42 Å². The molecule has 0 saturated heterocycles. The lowest BCUT2D eigenvalue weighted by molar-refractivity contribution is 0.166. The Morgan fingerprint density at radius 2 is 1.95 bits per heavy atom. The molecule has 0 heterocycles. The van der Waals surface area contributed by atoms with Crippen molar-refractivity contribution in [1.29, 1.82) is 0 Å². The highest BCUT2D eigenvalue weighted by molar-refractivity contribution is 7.92. The molecule has 1 aromatic rings. The number of sulfone groups is 1. The summed E-state index contributed by atoms with van der Waals surface area (Å²) in [5.41, 5.74) is 7.13. The minimum absolute atomic E-state index is 0.209. The van der Waals surface area contributed by atoms with Crippen LogP contribution in [-0.4, -0.2) is 38.6 Å². The second-order valence-electron chi connectivity index (χ2n) is 5.48. The third-order valence-electron chi connectivity index (χ3n) is 4.00. The first-order valence-corrected chi connectivity index (χ1v) is 8.65. The van der Waals surface area contributed by atoms with Crippen LogP contribution in [0.5, 0.6) is 0 Å². The number of hydrogen-bond donors (Lipinski definition) is 1. The van der Waals surface area contributed by atoms with Gasteiger partial charge in [0.15, 0.2) is 9.84 Å². The number of methoxy groups -OCH3 is 1. The minimum atomic E-state index is -3.26. The first-order valence-electron chi connectivity index (χ1n) is 6.29. The van der Waals surface area contributed by atoms with E-state index >= 15 is 0 Å². The molecule has 4 nitrogen and oxygen atoms in total. The third kappa shape index (κ3) is 2.36. The zero-order valence-corrected chi connectivity index (χ0v) is 13.4. The van der Waals surface area contributed by atoms with Crippen LogP contribution in [0.2, 0.25) is 0 Å². The van der Waals surface area contributed by atoms with Crippen LogP contribution in [0, 0.1) is 12.3 Å². The van der Waals surface area contributed by atoms with Gasteiger partial charge < -0.3 is 10.5 Å². The molecule has 1 saturated carbocycles. The molecule has 1 aliphatic carbocycles. The van der Waals surface area contributed by atoms with E-state index in [2.05, 4.69) is 0 Å². The normalized spacial score (nSPS) is 29.1. The van der Waals surface area contributed by atoms with Gasteiger partial charge >= 0.3 is 0 Å². The monoisotopic (exact) mass is 313 g/mol. The summed E-state index contributed by atoms with van der Waals surface area (Å²) in [6.07, 6.45) is 1.23. The van der Waals surface area contributed by atoms with Gasteiger partial charge in [0.25, 0.3) is 0 Å². The van der Waals surface area contributed by atoms with Crippen molar-refractivity contribution in [3.05, 3.63) is 35.4 Å². The smallest absolute Gasteiger partial charge is 0.152 e. The van der Waals surface area contributed by atoms with Gasteiger partial charge in [0, 0.05) is 19.3 Å². The Morgan fingerprint density at radius 3 is 2.35 bits per heavy atom. The lowest BCUT2D eigenvalue weighted by Gasteiger charge is -2.15. The van der Waals surface area contributed by atoms with E-state index in [0.29, 0.717) is 0 Å². The fourth-order valence-corrected chi connectivity index (χ4v) is 5.36. The quantitative estimate of drug-likeness (QED) is 0.833. The number of nitrogens with two attached hydrogens (primary N) is 1. The van der Waals surface area contributed by atoms with Gasteiger partial charge in [-0.1, -0.05) is 42.0 Å². The van der Waals surface area contributed by atoms with Gasteiger partial charge in [-0.05, 0) is 12.5 Å². The molecule has 20 heavy (non-hydrogen) atoms. The Kier molecular flexibility index (Phi) is 3.92. The zero-order chi connectivity index (χ0) is 15.1. The van der Waals surface area contributed by atoms with Crippen molar-refractivity contribution in [2.75, 3.05) is 20.0 Å². The lowest BCUT2D eigenvalue weighted by Crippen LogP contribution is -2.32. The summed E-state index contributed by atoms with van der Waals surface area (Å²) in [6, 6.07) is 7.80. The van der Waals surface area contributed by atoms with Crippen LogP contribution in [0.4, 0.5) is 0 Å². The van der Waals surface area contributed by atoms with Crippen molar-refractivity contribution in [2.24, 2.45) is 11.1 Å². The summed E-state index contributed by atoms with van der Waals surface area (Å²) in [7, 11) is -1.73. The van der Waals surface area contributed by atoms with E-state index in [1.54, 1.807) is 0 Å². The number of rotatable bonds is 5. The second kappa shape index (κ2) is 5.09. The number of ether oxygens (including phenoxy) is 1. The minimum Gasteiger partial charge on any atom is -0.393 e. The molecular formula is C14H19NO3S2. The molecule has 1 fully saturated rings. The molecule has 6 heteroatoms. The summed E-state index contributed by atoms with van der Waals surface area (Å²) in [6.45, 7) is 2.21. The van der Waals surface area contributed by atoms with Crippen molar-refractivity contribution < 1.29 is 13.2 Å². The summed E-state index contributed by atoms with van der Waals surface area (Å²) < 4.78 is 29.3. The van der Waals surface area contributed by atoms with Crippen LogP contribution >= 0.6 is 12.2 Å². The third-order valence-corrected chi connectivity index (χ3v) is 5.99. The van der Waals surface area contributed by atoms with E-state index in [0.717, 1.165) is 11.1 Å². The molecule has 3 unspecified atom stereocenters. The van der Waals surface area contributed by atoms with Crippen LogP contribution in [-0.2, 0) is 14.6 Å². The Labute approximate surface area is 125 Å². The molecule has 110 valence electrons. The number of thiocarbonyl (C=S) groups is 1. The van der Waals surface area contributed by atoms with Crippen molar-refractivity contribution in [3.8, 4) is 0 Å². The van der Waals surface area contributed by atoms with E-state index < -0.39 is 20.5 Å². The molecule has 3 atom stereocenters. The van der Waals surface area contributed by atoms with Crippen LogP contribution in [0.25, 0.3) is 0 Å². The summed E-state index contributed by atoms with van der Waals surface area (Å²) in [5, 5.41) is -0.602. The van der Waals surface area contributed by atoms with Gasteiger partial charge in [-0.15, -0.1) is 0 Å². The average molecular weight is 313 g/mol. The summed E-state index contributed by atoms with van der Waals surface area (Å²) >= 11 is 5.14. The topological polar surface area (TPSA) is 69.4 Å². The number of aryl methyl sites for hydroxylation is 1. The molecule has 2 rings (SSSR count). The first-order chi connectivity index (χ1) is 9.25. The van der Waals surface area contributed by atoms with Crippen LogP contribution in [0.15, 0.2) is 24.3 Å². The van der Waals surface area contributed by atoms with Gasteiger partial charge in [0.05, 0.1) is 22.3 Å². The molecule has 0 amide bonds. The predicted octanol–water partition coefficient (Wildman–Crippen LogP) is 1.42. The molecule has 1 aromatic carbocycles. The van der Waals surface area contributed by atoms with E-state index in [-0.39, 0.29) is 17.5 Å². The lowest BCUT2D eigenvalue weighted by atomic mass is 9.99. The van der Waals surface area contributed by atoms with Crippen LogP contribution < -0.4 is 5.73 Å². The van der Waals surface area contributed by atoms with Gasteiger partial charge in [-0.3, -0.25) is 0 Å². The van der Waals surface area contributed by atoms with Gasteiger partial charge in [-0.2, -0.15) is 0 Å². The standard InChI is InChI=1S/C14H19NO3S2/c1-9-4-6-10(7-5-9)11-12(20(3,16)17)14(11,8-18-2)13(15)19/h4-7,11-12H,8H2,1-3H3,(H2,15,19). The van der Waals surface area contributed by atoms with Crippen LogP contribution in [0.1, 0.15) is 17.0 Å². The maximum atomic E-state index is 12.1. The van der Waals surface area contributed by atoms with E-state index in [1.165, 1.54) is 13.4 Å². The van der Waals surface area contributed by atoms with Gasteiger partial charge in [0.2, 0.25) is 0 Å². The maximum Gasteiger partial charge on any atom is 0.152 e. The van der Waals surface area contributed by atoms with Gasteiger partial charge in [0.1, 0.15) is 0 Å². The first kappa shape index (κ1) is 15.4. The maximum absolute atomic E-state index is 12.1. The Balaban J connectivity index is 2.49. The molecule has 0 aliphatic heterocycles. The molecular weight excluding hydrogens is 294 g/mol.